The zero-order chi connectivity index (χ0) is 34.9. The van der Waals surface area contributed by atoms with Gasteiger partial charge in [0.25, 0.3) is 0 Å². The summed E-state index contributed by atoms with van der Waals surface area (Å²) in [6.45, 7) is 9.74. The first-order chi connectivity index (χ1) is 23.4. The Kier molecular flexibility index (Phi) is 9.79. The highest BCUT2D eigenvalue weighted by Crippen LogP contribution is 2.44. The molecule has 5 aromatic rings. The Morgan fingerprint density at radius 3 is 2.31 bits per heavy atom. The van der Waals surface area contributed by atoms with Crippen molar-refractivity contribution in [1.82, 2.24) is 29.7 Å². The van der Waals surface area contributed by atoms with E-state index in [0.717, 1.165) is 11.3 Å². The van der Waals surface area contributed by atoms with E-state index >= 15 is 4.39 Å². The van der Waals surface area contributed by atoms with Crippen LogP contribution in [0.5, 0.6) is 6.01 Å². The van der Waals surface area contributed by atoms with Gasteiger partial charge in [-0.1, -0.05) is 17.4 Å². The van der Waals surface area contributed by atoms with E-state index < -0.39 is 17.2 Å². The van der Waals surface area contributed by atoms with Crippen molar-refractivity contribution in [3.63, 3.8) is 0 Å². The number of pyridine rings is 1. The number of thiazole rings is 1. The van der Waals surface area contributed by atoms with Gasteiger partial charge < -0.3 is 29.9 Å². The van der Waals surface area contributed by atoms with Crippen molar-refractivity contribution in [3.05, 3.63) is 54.4 Å². The van der Waals surface area contributed by atoms with Gasteiger partial charge in [0.2, 0.25) is 0 Å². The minimum Gasteiger partial charge on any atom is -0.467 e. The zero-order valence-corrected chi connectivity index (χ0v) is 29.1. The number of carbonyl (C=O) groups is 1. The lowest BCUT2D eigenvalue weighted by atomic mass is 9.92. The van der Waals surface area contributed by atoms with Crippen molar-refractivity contribution in [2.24, 2.45) is 0 Å². The number of benzene rings is 2. The van der Waals surface area contributed by atoms with Crippen molar-refractivity contribution in [2.75, 3.05) is 64.1 Å². The van der Waals surface area contributed by atoms with Gasteiger partial charge in [-0.2, -0.15) is 9.97 Å². The molecule has 0 atom stereocenters. The van der Waals surface area contributed by atoms with E-state index in [9.17, 15) is 9.18 Å². The molecule has 2 N–H and O–H groups in total. The lowest BCUT2D eigenvalue weighted by molar-refractivity contribution is 0.0240. The fraction of sp³-hybridized carbons (Fsp3) is 0.400. The Balaban J connectivity index is 0.000000628. The topological polar surface area (TPSA) is 123 Å². The SMILES string of the molecule is CN1CCCC1.COc1nc(N2CCN(C(=O)OC(C)(C)C)CC2)c2cc(-c3cccnc3)c(-c3ccc(F)c4sc(N)nc34)c(F)c2n1. The molecule has 2 aliphatic heterocycles. The Morgan fingerprint density at radius 1 is 0.959 bits per heavy atom. The maximum absolute atomic E-state index is 16.9. The molecule has 14 heteroatoms. The standard InChI is InChI=1S/C30H29F2N7O3S.C5H11N/c1-30(2,3)42-29(40)39-12-10-38(11-13-39)26-19-14-18(16-6-5-9-34-15-16)21(22(32)23(19)36-28(37-26)41-4)17-7-8-20(31)25-24(17)35-27(33)43-25;1-6-4-2-3-5-6/h5-9,14-15H,10-13H2,1-4H3,(H2,33,35);2-5H2,1H3. The Morgan fingerprint density at radius 2 is 1.69 bits per heavy atom. The summed E-state index contributed by atoms with van der Waals surface area (Å²) in [5.41, 5.74) is 7.30. The molecule has 0 saturated carbocycles. The first-order valence-corrected chi connectivity index (χ1v) is 17.0. The lowest BCUT2D eigenvalue weighted by Crippen LogP contribution is -2.50. The molecule has 3 aromatic heterocycles. The molecule has 258 valence electrons. The molecule has 2 aliphatic rings. The number of nitrogens with two attached hydrogens (primary N) is 1. The van der Waals surface area contributed by atoms with Crippen LogP contribution in [0.25, 0.3) is 43.4 Å². The monoisotopic (exact) mass is 690 g/mol. The van der Waals surface area contributed by atoms with Gasteiger partial charge >= 0.3 is 12.1 Å². The van der Waals surface area contributed by atoms with Gasteiger partial charge in [-0.15, -0.1) is 0 Å². The van der Waals surface area contributed by atoms with Gasteiger partial charge in [0.1, 0.15) is 22.8 Å². The van der Waals surface area contributed by atoms with Crippen LogP contribution in [0, 0.1) is 11.6 Å². The number of halogens is 2. The maximum atomic E-state index is 16.9. The summed E-state index contributed by atoms with van der Waals surface area (Å²) in [6, 6.07) is 8.14. The summed E-state index contributed by atoms with van der Waals surface area (Å²) in [5.74, 6) is -0.678. The van der Waals surface area contributed by atoms with E-state index in [1.807, 2.05) is 37.8 Å². The number of piperazine rings is 1. The van der Waals surface area contributed by atoms with Crippen molar-refractivity contribution >= 4 is 49.5 Å². The molecular weight excluding hydrogens is 651 g/mol. The number of methoxy groups -OCH3 is 1. The predicted molar refractivity (Wildman–Crippen MR) is 189 cm³/mol. The van der Waals surface area contributed by atoms with E-state index in [2.05, 4.69) is 31.9 Å². The molecule has 11 nitrogen and oxygen atoms in total. The highest BCUT2D eigenvalue weighted by Gasteiger charge is 2.30. The van der Waals surface area contributed by atoms with Crippen LogP contribution in [0.1, 0.15) is 33.6 Å². The average Bonchev–Trinajstić information content (AvgIpc) is 3.73. The molecule has 2 saturated heterocycles. The van der Waals surface area contributed by atoms with Crippen LogP contribution >= 0.6 is 11.3 Å². The molecule has 0 unspecified atom stereocenters. The van der Waals surface area contributed by atoms with E-state index in [1.165, 1.54) is 45.2 Å². The zero-order valence-electron chi connectivity index (χ0n) is 28.3. The lowest BCUT2D eigenvalue weighted by Gasteiger charge is -2.36. The number of ether oxygens (including phenoxy) is 2. The number of rotatable bonds is 4. The van der Waals surface area contributed by atoms with E-state index in [4.69, 9.17) is 15.2 Å². The first kappa shape index (κ1) is 34.2. The van der Waals surface area contributed by atoms with Crippen LogP contribution in [0.3, 0.4) is 0 Å². The molecule has 0 radical (unpaired) electrons. The number of hydrogen-bond acceptors (Lipinski definition) is 11. The molecule has 1 amide bonds. The van der Waals surface area contributed by atoms with Crippen LogP contribution in [0.2, 0.25) is 0 Å². The van der Waals surface area contributed by atoms with Crippen molar-refractivity contribution in [2.45, 2.75) is 39.2 Å². The molecule has 0 bridgehead atoms. The first-order valence-electron chi connectivity index (χ1n) is 16.2. The largest absolute Gasteiger partial charge is 0.467 e. The molecule has 5 heterocycles. The smallest absolute Gasteiger partial charge is 0.410 e. The third kappa shape index (κ3) is 7.35. The van der Waals surface area contributed by atoms with Gasteiger partial charge in [-0.25, -0.2) is 18.6 Å². The Hall–Kier alpha value is -4.69. The number of amides is 1. The van der Waals surface area contributed by atoms with E-state index in [0.29, 0.717) is 54.1 Å². The van der Waals surface area contributed by atoms with Crippen molar-refractivity contribution < 1.29 is 23.0 Å². The summed E-state index contributed by atoms with van der Waals surface area (Å²) in [7, 11) is 3.59. The second-order valence-electron chi connectivity index (χ2n) is 13.1. The number of fused-ring (bicyclic) bond motifs is 2. The highest BCUT2D eigenvalue weighted by molar-refractivity contribution is 7.22. The van der Waals surface area contributed by atoms with Crippen LogP contribution in [-0.4, -0.2) is 94.9 Å². The summed E-state index contributed by atoms with van der Waals surface area (Å²) < 4.78 is 42.8. The van der Waals surface area contributed by atoms with Gasteiger partial charge in [0.15, 0.2) is 10.9 Å². The predicted octanol–water partition coefficient (Wildman–Crippen LogP) is 6.61. The number of aromatic nitrogens is 4. The highest BCUT2D eigenvalue weighted by atomic mass is 32.1. The van der Waals surface area contributed by atoms with E-state index in [-0.39, 0.29) is 38.5 Å². The van der Waals surface area contributed by atoms with E-state index in [1.54, 1.807) is 23.4 Å². The maximum Gasteiger partial charge on any atom is 0.410 e. The van der Waals surface area contributed by atoms with Crippen LogP contribution in [-0.2, 0) is 4.74 Å². The summed E-state index contributed by atoms with van der Waals surface area (Å²) in [4.78, 5) is 36.2. The molecule has 49 heavy (non-hydrogen) atoms. The number of anilines is 2. The quantitative estimate of drug-likeness (QED) is 0.221. The number of nitrogen functional groups attached to an aromatic ring is 1. The van der Waals surface area contributed by atoms with Gasteiger partial charge in [0.05, 0.1) is 17.3 Å². The average molecular weight is 691 g/mol. The van der Waals surface area contributed by atoms with Crippen molar-refractivity contribution in [3.8, 4) is 28.3 Å². The molecule has 7 rings (SSSR count). The fourth-order valence-corrected chi connectivity index (χ4v) is 6.80. The molecule has 0 spiro atoms. The summed E-state index contributed by atoms with van der Waals surface area (Å²) in [5, 5.41) is 0.616. The molecular formula is C35H40F2N8O3S. The number of nitrogens with zero attached hydrogens (tertiary/aromatic N) is 7. The summed E-state index contributed by atoms with van der Waals surface area (Å²) >= 11 is 0.999. The minimum absolute atomic E-state index is 0.0156. The number of carbonyl (C=O) groups excluding carboxylic acids is 1. The molecule has 0 aliphatic carbocycles. The second kappa shape index (κ2) is 14.0. The fourth-order valence-electron chi connectivity index (χ4n) is 6.03. The van der Waals surface area contributed by atoms with Gasteiger partial charge in [-0.3, -0.25) is 4.98 Å². The van der Waals surface area contributed by atoms with Gasteiger partial charge in [0, 0.05) is 60.6 Å². The molecule has 2 fully saturated rings. The minimum atomic E-state index is -0.648. The third-order valence-electron chi connectivity index (χ3n) is 8.39. The number of hydrogen-bond donors (Lipinski definition) is 1. The van der Waals surface area contributed by atoms with Crippen LogP contribution in [0.4, 0.5) is 24.5 Å². The third-order valence-corrected chi connectivity index (χ3v) is 9.28. The summed E-state index contributed by atoms with van der Waals surface area (Å²) in [6.07, 6.45) is 5.69. The van der Waals surface area contributed by atoms with Crippen molar-refractivity contribution in [1.29, 1.82) is 0 Å². The second-order valence-corrected chi connectivity index (χ2v) is 14.1. The van der Waals surface area contributed by atoms with Gasteiger partial charge in [-0.05, 0) is 83.6 Å². The Labute approximate surface area is 287 Å². The van der Waals surface area contributed by atoms with Crippen LogP contribution < -0.4 is 15.4 Å². The Bertz CT molecular complexity index is 1970. The number of likely N-dealkylation sites (tertiary alicyclic amines) is 1. The van der Waals surface area contributed by atoms with Crippen LogP contribution in [0.15, 0.2) is 42.7 Å². The normalized spacial score (nSPS) is 15.4. The molecule has 2 aromatic carbocycles.